The van der Waals surface area contributed by atoms with Crippen molar-refractivity contribution in [2.45, 2.75) is 20.3 Å². The Balaban J connectivity index is 2.33. The van der Waals surface area contributed by atoms with Gasteiger partial charge < -0.3 is 11.1 Å². The number of nitrogens with one attached hydrogen (secondary N) is 1. The summed E-state index contributed by atoms with van der Waals surface area (Å²) in [6.07, 6.45) is 0.645. The molecule has 2 aromatic rings. The van der Waals surface area contributed by atoms with Crippen molar-refractivity contribution < 1.29 is 9.18 Å². The Kier molecular flexibility index (Phi) is 3.74. The summed E-state index contributed by atoms with van der Waals surface area (Å²) in [5.41, 5.74) is 8.44. The van der Waals surface area contributed by atoms with Crippen LogP contribution >= 0.6 is 0 Å². The molecule has 3 N–H and O–H groups in total. The van der Waals surface area contributed by atoms with E-state index in [9.17, 15) is 9.18 Å². The number of aryl methyl sites for hydroxylation is 3. The van der Waals surface area contributed by atoms with Gasteiger partial charge in [0, 0.05) is 12.7 Å². The predicted molar refractivity (Wildman–Crippen MR) is 76.1 cm³/mol. The van der Waals surface area contributed by atoms with Gasteiger partial charge in [-0.25, -0.2) is 4.39 Å². The summed E-state index contributed by atoms with van der Waals surface area (Å²) in [6, 6.07) is 4.23. The molecule has 0 unspecified atom stereocenters. The minimum absolute atomic E-state index is 0.283. The zero-order chi connectivity index (χ0) is 14.9. The van der Waals surface area contributed by atoms with Crippen molar-refractivity contribution in [1.29, 1.82) is 0 Å². The van der Waals surface area contributed by atoms with Crippen molar-refractivity contribution in [3.05, 3.63) is 41.0 Å². The number of anilines is 2. The molecule has 1 amide bonds. The monoisotopic (exact) mass is 276 g/mol. The third kappa shape index (κ3) is 2.49. The van der Waals surface area contributed by atoms with Crippen LogP contribution in [-0.2, 0) is 13.5 Å². The molecule has 0 radical (unpaired) electrons. The van der Waals surface area contributed by atoms with Crippen LogP contribution < -0.4 is 11.1 Å². The molecule has 1 aromatic carbocycles. The summed E-state index contributed by atoms with van der Waals surface area (Å²) < 4.78 is 14.7. The maximum atomic E-state index is 13.2. The van der Waals surface area contributed by atoms with Gasteiger partial charge in [0.15, 0.2) is 0 Å². The highest BCUT2D eigenvalue weighted by Gasteiger charge is 2.19. The Labute approximate surface area is 116 Å². The highest BCUT2D eigenvalue weighted by molar-refractivity contribution is 6.07. The quantitative estimate of drug-likeness (QED) is 0.903. The number of carbonyl (C=O) groups excluding carboxylic acids is 1. The summed E-state index contributed by atoms with van der Waals surface area (Å²) in [5, 5.41) is 6.85. The van der Waals surface area contributed by atoms with Crippen LogP contribution in [0.3, 0.4) is 0 Å². The summed E-state index contributed by atoms with van der Waals surface area (Å²) in [4.78, 5) is 12.3. The molecule has 0 fully saturated rings. The summed E-state index contributed by atoms with van der Waals surface area (Å²) in [5.74, 6) is -0.802. The van der Waals surface area contributed by atoms with Crippen molar-refractivity contribution in [3.8, 4) is 0 Å². The number of nitrogen functional groups attached to an aromatic ring is 1. The van der Waals surface area contributed by atoms with Crippen LogP contribution in [0.1, 0.15) is 28.7 Å². The lowest BCUT2D eigenvalue weighted by Gasteiger charge is -2.09. The molecule has 0 spiro atoms. The number of nitrogens with zero attached hydrogens (tertiary/aromatic N) is 2. The molecule has 2 rings (SSSR count). The standard InChI is InChI=1S/C14H17FN4O/c1-4-10-12(16)13(19(3)18-10)14(20)17-11-7-9(15)6-5-8(11)2/h5-7H,4,16H2,1-3H3,(H,17,20). The Hall–Kier alpha value is -2.37. The molecule has 106 valence electrons. The van der Waals surface area contributed by atoms with Crippen LogP contribution in [0.25, 0.3) is 0 Å². The first-order chi connectivity index (χ1) is 9.43. The average Bonchev–Trinajstić information content (AvgIpc) is 2.68. The predicted octanol–water partition coefficient (Wildman–Crippen LogP) is 2.26. The molecule has 0 atom stereocenters. The van der Waals surface area contributed by atoms with Gasteiger partial charge in [0.2, 0.25) is 0 Å². The average molecular weight is 276 g/mol. The van der Waals surface area contributed by atoms with E-state index in [2.05, 4.69) is 10.4 Å². The lowest BCUT2D eigenvalue weighted by molar-refractivity contribution is 0.101. The van der Waals surface area contributed by atoms with Gasteiger partial charge in [0.05, 0.1) is 11.4 Å². The fraction of sp³-hybridized carbons (Fsp3) is 0.286. The molecule has 1 heterocycles. The lowest BCUT2D eigenvalue weighted by atomic mass is 10.2. The fourth-order valence-corrected chi connectivity index (χ4v) is 2.04. The van der Waals surface area contributed by atoms with Gasteiger partial charge in [-0.05, 0) is 31.0 Å². The molecule has 5 nitrogen and oxygen atoms in total. The minimum Gasteiger partial charge on any atom is -0.395 e. The van der Waals surface area contributed by atoms with Crippen LogP contribution in [0.4, 0.5) is 15.8 Å². The van der Waals surface area contributed by atoms with E-state index in [4.69, 9.17) is 5.73 Å². The van der Waals surface area contributed by atoms with Gasteiger partial charge in [-0.3, -0.25) is 9.48 Å². The van der Waals surface area contributed by atoms with Gasteiger partial charge in [-0.1, -0.05) is 13.0 Å². The number of amides is 1. The summed E-state index contributed by atoms with van der Waals surface area (Å²) in [7, 11) is 1.66. The molecule has 0 saturated carbocycles. The Morgan fingerprint density at radius 1 is 1.50 bits per heavy atom. The number of halogens is 1. The highest BCUT2D eigenvalue weighted by Crippen LogP contribution is 2.21. The first-order valence-corrected chi connectivity index (χ1v) is 6.32. The van der Waals surface area contributed by atoms with Gasteiger partial charge in [-0.2, -0.15) is 5.10 Å². The maximum absolute atomic E-state index is 13.2. The highest BCUT2D eigenvalue weighted by atomic mass is 19.1. The van der Waals surface area contributed by atoms with E-state index in [1.54, 1.807) is 20.0 Å². The molecular formula is C14H17FN4O. The van der Waals surface area contributed by atoms with E-state index in [1.807, 2.05) is 6.92 Å². The number of hydrogen-bond donors (Lipinski definition) is 2. The van der Waals surface area contributed by atoms with Gasteiger partial charge in [-0.15, -0.1) is 0 Å². The molecule has 0 saturated heterocycles. The Bertz CT molecular complexity index is 663. The van der Waals surface area contributed by atoms with Crippen LogP contribution in [-0.4, -0.2) is 15.7 Å². The van der Waals surface area contributed by atoms with E-state index in [-0.39, 0.29) is 5.69 Å². The zero-order valence-corrected chi connectivity index (χ0v) is 11.7. The number of hydrogen-bond acceptors (Lipinski definition) is 3. The molecular weight excluding hydrogens is 259 g/mol. The van der Waals surface area contributed by atoms with Gasteiger partial charge in [0.1, 0.15) is 11.5 Å². The van der Waals surface area contributed by atoms with Crippen LogP contribution in [0.5, 0.6) is 0 Å². The third-order valence-electron chi connectivity index (χ3n) is 3.16. The Morgan fingerprint density at radius 2 is 2.20 bits per heavy atom. The van der Waals surface area contributed by atoms with Crippen molar-refractivity contribution in [2.75, 3.05) is 11.1 Å². The largest absolute Gasteiger partial charge is 0.395 e. The number of aromatic nitrogens is 2. The van der Waals surface area contributed by atoms with Crippen molar-refractivity contribution in [2.24, 2.45) is 7.05 Å². The van der Waals surface area contributed by atoms with E-state index in [0.717, 1.165) is 5.56 Å². The van der Waals surface area contributed by atoms with Gasteiger partial charge in [0.25, 0.3) is 5.91 Å². The van der Waals surface area contributed by atoms with Crippen LogP contribution in [0.15, 0.2) is 18.2 Å². The summed E-state index contributed by atoms with van der Waals surface area (Å²) >= 11 is 0. The maximum Gasteiger partial charge on any atom is 0.276 e. The molecule has 6 heteroatoms. The van der Waals surface area contributed by atoms with Crippen molar-refractivity contribution in [1.82, 2.24) is 9.78 Å². The molecule has 1 aromatic heterocycles. The normalized spacial score (nSPS) is 10.6. The van der Waals surface area contributed by atoms with Crippen molar-refractivity contribution in [3.63, 3.8) is 0 Å². The molecule has 20 heavy (non-hydrogen) atoms. The van der Waals surface area contributed by atoms with E-state index < -0.39 is 11.7 Å². The smallest absolute Gasteiger partial charge is 0.276 e. The lowest BCUT2D eigenvalue weighted by Crippen LogP contribution is -2.18. The van der Waals surface area contributed by atoms with Crippen LogP contribution in [0, 0.1) is 12.7 Å². The van der Waals surface area contributed by atoms with E-state index in [0.29, 0.717) is 23.5 Å². The zero-order valence-electron chi connectivity index (χ0n) is 11.7. The number of benzene rings is 1. The second-order valence-corrected chi connectivity index (χ2v) is 4.60. The van der Waals surface area contributed by atoms with E-state index >= 15 is 0 Å². The third-order valence-corrected chi connectivity index (χ3v) is 3.16. The molecule has 0 bridgehead atoms. The van der Waals surface area contributed by atoms with Gasteiger partial charge >= 0.3 is 0 Å². The molecule has 0 aliphatic heterocycles. The first-order valence-electron chi connectivity index (χ1n) is 6.32. The SMILES string of the molecule is CCc1nn(C)c(C(=O)Nc2cc(F)ccc2C)c1N. The number of carbonyl (C=O) groups is 1. The molecule has 0 aliphatic rings. The van der Waals surface area contributed by atoms with Crippen molar-refractivity contribution >= 4 is 17.3 Å². The summed E-state index contributed by atoms with van der Waals surface area (Å²) in [6.45, 7) is 3.70. The van der Waals surface area contributed by atoms with E-state index in [1.165, 1.54) is 16.8 Å². The number of rotatable bonds is 3. The first kappa shape index (κ1) is 14.0. The second-order valence-electron chi connectivity index (χ2n) is 4.60. The van der Waals surface area contributed by atoms with Crippen LogP contribution in [0.2, 0.25) is 0 Å². The second kappa shape index (κ2) is 5.32. The Morgan fingerprint density at radius 3 is 2.80 bits per heavy atom. The fourth-order valence-electron chi connectivity index (χ4n) is 2.04. The topological polar surface area (TPSA) is 72.9 Å². The number of nitrogens with two attached hydrogens (primary N) is 1. The molecule has 0 aliphatic carbocycles. The minimum atomic E-state index is -0.405.